The number of piperidine rings is 1. The van der Waals surface area contributed by atoms with Crippen molar-refractivity contribution >= 4 is 17.6 Å². The first-order valence-electron chi connectivity index (χ1n) is 12.6. The Balaban J connectivity index is 1.62. The first-order valence-corrected chi connectivity index (χ1v) is 12.6. The molecule has 0 saturated carbocycles. The number of hydrogen-bond donors (Lipinski definition) is 2. The third-order valence-corrected chi connectivity index (χ3v) is 6.28. The van der Waals surface area contributed by atoms with Gasteiger partial charge >= 0.3 is 6.09 Å². The molecule has 8 heteroatoms. The number of halogens is 1. The summed E-state index contributed by atoms with van der Waals surface area (Å²) in [5.74, 6) is 1.52. The Hall–Kier alpha value is -3.81. The molecule has 2 aromatic carbocycles. The molecule has 1 aliphatic rings. The van der Waals surface area contributed by atoms with Crippen LogP contribution in [0.15, 0.2) is 54.7 Å². The highest BCUT2D eigenvalue weighted by Gasteiger charge is 2.31. The first-order chi connectivity index (χ1) is 17.6. The standard InChI is InChI=1S/C29H35FN4O3/c1-19(31)26-25(20-11-13-23(14-12-20)36-24-10-6-8-21(30)16-24)18-34(27(26)32-5)22-9-7-15-33(17-22)28(35)37-29(2,3)4/h6,8,10-14,16,18,22,31-32H,7,9,15,17H2,1-5H3. The summed E-state index contributed by atoms with van der Waals surface area (Å²) in [6.07, 6.45) is 3.54. The van der Waals surface area contributed by atoms with Gasteiger partial charge in [0.25, 0.3) is 0 Å². The molecule has 2 heterocycles. The van der Waals surface area contributed by atoms with Crippen molar-refractivity contribution < 1.29 is 18.7 Å². The van der Waals surface area contributed by atoms with E-state index in [0.29, 0.717) is 30.3 Å². The topological polar surface area (TPSA) is 79.6 Å². The smallest absolute Gasteiger partial charge is 0.410 e. The summed E-state index contributed by atoms with van der Waals surface area (Å²) in [6, 6.07) is 13.6. The number of anilines is 1. The molecular formula is C29H35FN4O3. The average Bonchev–Trinajstić information content (AvgIpc) is 3.24. The van der Waals surface area contributed by atoms with E-state index in [1.807, 2.05) is 52.1 Å². The SMILES string of the molecule is CNc1c(C(C)=N)c(-c2ccc(Oc3cccc(F)c3)cc2)cn1C1CCCN(C(=O)OC(C)(C)C)C1. The average molecular weight is 507 g/mol. The number of benzene rings is 2. The quantitative estimate of drug-likeness (QED) is 0.350. The number of nitrogens with one attached hydrogen (secondary N) is 2. The van der Waals surface area contributed by atoms with Crippen LogP contribution < -0.4 is 10.1 Å². The molecule has 196 valence electrons. The van der Waals surface area contributed by atoms with Crippen LogP contribution in [0.2, 0.25) is 0 Å². The van der Waals surface area contributed by atoms with Crippen molar-refractivity contribution in [3.8, 4) is 22.6 Å². The molecule has 4 rings (SSSR count). The van der Waals surface area contributed by atoms with Crippen molar-refractivity contribution in [2.45, 2.75) is 52.2 Å². The van der Waals surface area contributed by atoms with E-state index in [0.717, 1.165) is 35.3 Å². The molecule has 3 aromatic rings. The number of rotatable bonds is 6. The molecule has 0 aliphatic carbocycles. The minimum atomic E-state index is -0.546. The number of hydrogen-bond acceptors (Lipinski definition) is 5. The zero-order valence-electron chi connectivity index (χ0n) is 22.1. The van der Waals surface area contributed by atoms with Crippen molar-refractivity contribution in [3.05, 3.63) is 66.1 Å². The predicted molar refractivity (Wildman–Crippen MR) is 144 cm³/mol. The van der Waals surface area contributed by atoms with E-state index in [2.05, 4.69) is 16.1 Å². The van der Waals surface area contributed by atoms with Crippen LogP contribution in [0.25, 0.3) is 11.1 Å². The second-order valence-electron chi connectivity index (χ2n) is 10.4. The Morgan fingerprint density at radius 2 is 1.86 bits per heavy atom. The molecule has 37 heavy (non-hydrogen) atoms. The number of carbonyl (C=O) groups is 1. The predicted octanol–water partition coefficient (Wildman–Crippen LogP) is 7.09. The number of amides is 1. The lowest BCUT2D eigenvalue weighted by Gasteiger charge is -2.35. The summed E-state index contributed by atoms with van der Waals surface area (Å²) in [4.78, 5) is 14.5. The lowest BCUT2D eigenvalue weighted by molar-refractivity contribution is 0.0173. The van der Waals surface area contributed by atoms with Crippen LogP contribution in [-0.4, -0.2) is 47.0 Å². The number of nitrogens with zero attached hydrogens (tertiary/aromatic N) is 2. The Labute approximate surface area is 217 Å². The van der Waals surface area contributed by atoms with Gasteiger partial charge in [-0.2, -0.15) is 0 Å². The van der Waals surface area contributed by atoms with Gasteiger partial charge in [-0.15, -0.1) is 0 Å². The molecule has 1 atom stereocenters. The molecule has 2 N–H and O–H groups in total. The van der Waals surface area contributed by atoms with Gasteiger partial charge in [0.15, 0.2) is 0 Å². The van der Waals surface area contributed by atoms with E-state index in [-0.39, 0.29) is 18.0 Å². The minimum Gasteiger partial charge on any atom is -0.457 e. The van der Waals surface area contributed by atoms with Crippen molar-refractivity contribution in [1.82, 2.24) is 9.47 Å². The molecular weight excluding hydrogens is 471 g/mol. The monoisotopic (exact) mass is 506 g/mol. The maximum Gasteiger partial charge on any atom is 0.410 e. The molecule has 1 fully saturated rings. The van der Waals surface area contributed by atoms with Gasteiger partial charge in [-0.25, -0.2) is 9.18 Å². The van der Waals surface area contributed by atoms with Gasteiger partial charge in [-0.3, -0.25) is 0 Å². The van der Waals surface area contributed by atoms with Crippen LogP contribution in [0.1, 0.15) is 52.1 Å². The molecule has 1 saturated heterocycles. The fraction of sp³-hybridized carbons (Fsp3) is 0.379. The van der Waals surface area contributed by atoms with Crippen LogP contribution in [-0.2, 0) is 4.74 Å². The number of carbonyl (C=O) groups excluding carboxylic acids is 1. The van der Waals surface area contributed by atoms with Crippen LogP contribution in [0, 0.1) is 11.2 Å². The van der Waals surface area contributed by atoms with Gasteiger partial charge in [-0.1, -0.05) is 18.2 Å². The van der Waals surface area contributed by atoms with Crippen molar-refractivity contribution in [2.75, 3.05) is 25.5 Å². The van der Waals surface area contributed by atoms with E-state index in [9.17, 15) is 9.18 Å². The van der Waals surface area contributed by atoms with Gasteiger partial charge in [0.1, 0.15) is 28.7 Å². The van der Waals surface area contributed by atoms with Crippen molar-refractivity contribution in [2.24, 2.45) is 0 Å². The van der Waals surface area contributed by atoms with Crippen LogP contribution in [0.3, 0.4) is 0 Å². The summed E-state index contributed by atoms with van der Waals surface area (Å²) in [6.45, 7) is 8.59. The van der Waals surface area contributed by atoms with E-state index in [4.69, 9.17) is 14.9 Å². The molecule has 7 nitrogen and oxygen atoms in total. The van der Waals surface area contributed by atoms with Gasteiger partial charge < -0.3 is 29.7 Å². The van der Waals surface area contributed by atoms with E-state index >= 15 is 0 Å². The summed E-state index contributed by atoms with van der Waals surface area (Å²) >= 11 is 0. The summed E-state index contributed by atoms with van der Waals surface area (Å²) in [5, 5.41) is 11.8. The van der Waals surface area contributed by atoms with E-state index in [1.165, 1.54) is 12.1 Å². The Morgan fingerprint density at radius 1 is 1.14 bits per heavy atom. The zero-order valence-corrected chi connectivity index (χ0v) is 22.1. The molecule has 1 amide bonds. The molecule has 0 spiro atoms. The van der Waals surface area contributed by atoms with Crippen LogP contribution >= 0.6 is 0 Å². The normalized spacial score (nSPS) is 15.8. The van der Waals surface area contributed by atoms with Crippen molar-refractivity contribution in [3.63, 3.8) is 0 Å². The van der Waals surface area contributed by atoms with Gasteiger partial charge in [-0.05, 0) is 70.4 Å². The molecule has 1 unspecified atom stereocenters. The van der Waals surface area contributed by atoms with Gasteiger partial charge in [0, 0.05) is 49.2 Å². The third-order valence-electron chi connectivity index (χ3n) is 6.28. The maximum atomic E-state index is 13.5. The third kappa shape index (κ3) is 6.13. The fourth-order valence-corrected chi connectivity index (χ4v) is 4.71. The van der Waals surface area contributed by atoms with E-state index in [1.54, 1.807) is 24.0 Å². The largest absolute Gasteiger partial charge is 0.457 e. The highest BCUT2D eigenvalue weighted by Crippen LogP contribution is 2.37. The van der Waals surface area contributed by atoms with Crippen molar-refractivity contribution in [1.29, 1.82) is 5.41 Å². The van der Waals surface area contributed by atoms with E-state index < -0.39 is 5.60 Å². The van der Waals surface area contributed by atoms with Gasteiger partial charge in [0.2, 0.25) is 0 Å². The summed E-state index contributed by atoms with van der Waals surface area (Å²) in [5.41, 5.74) is 2.57. The highest BCUT2D eigenvalue weighted by molar-refractivity contribution is 6.07. The molecule has 0 radical (unpaired) electrons. The summed E-state index contributed by atoms with van der Waals surface area (Å²) < 4.78 is 27.1. The maximum absolute atomic E-state index is 13.5. The molecule has 0 bridgehead atoms. The molecule has 1 aliphatic heterocycles. The number of ether oxygens (including phenoxy) is 2. The summed E-state index contributed by atoms with van der Waals surface area (Å²) in [7, 11) is 1.85. The second kappa shape index (κ2) is 10.7. The highest BCUT2D eigenvalue weighted by atomic mass is 19.1. The first kappa shape index (κ1) is 26.3. The minimum absolute atomic E-state index is 0.0474. The lowest BCUT2D eigenvalue weighted by atomic mass is 10.0. The van der Waals surface area contributed by atoms with Crippen LogP contribution in [0.5, 0.6) is 11.5 Å². The Bertz CT molecular complexity index is 1280. The fourth-order valence-electron chi connectivity index (χ4n) is 4.71. The zero-order chi connectivity index (χ0) is 26.7. The van der Waals surface area contributed by atoms with Crippen LogP contribution in [0.4, 0.5) is 15.0 Å². The number of likely N-dealkylation sites (tertiary alicyclic amines) is 1. The Morgan fingerprint density at radius 3 is 2.49 bits per heavy atom. The Kier molecular flexibility index (Phi) is 7.57. The lowest BCUT2D eigenvalue weighted by Crippen LogP contribution is -2.43. The van der Waals surface area contributed by atoms with Gasteiger partial charge in [0.05, 0.1) is 6.04 Å². The number of aromatic nitrogens is 1. The molecule has 1 aromatic heterocycles. The second-order valence-corrected chi connectivity index (χ2v) is 10.4.